The molecule has 31 heavy (non-hydrogen) atoms. The van der Waals surface area contributed by atoms with E-state index in [1.54, 1.807) is 10.4 Å². The van der Waals surface area contributed by atoms with Gasteiger partial charge in [0.15, 0.2) is 0 Å². The van der Waals surface area contributed by atoms with Gasteiger partial charge in [-0.05, 0) is 73.3 Å². The van der Waals surface area contributed by atoms with E-state index in [1.165, 1.54) is 11.1 Å². The molecule has 1 spiro atoms. The number of amides is 1. The summed E-state index contributed by atoms with van der Waals surface area (Å²) in [5.74, 6) is 0.261. The molecule has 5 nitrogen and oxygen atoms in total. The van der Waals surface area contributed by atoms with Crippen LogP contribution < -0.4 is 0 Å². The van der Waals surface area contributed by atoms with Gasteiger partial charge in [-0.15, -0.1) is 0 Å². The molecule has 0 N–H and O–H groups in total. The van der Waals surface area contributed by atoms with E-state index in [2.05, 4.69) is 12.1 Å². The topological polar surface area (TPSA) is 57.7 Å². The Balaban J connectivity index is 1.25. The highest BCUT2D eigenvalue weighted by Gasteiger charge is 2.46. The minimum atomic E-state index is -3.48. The molecule has 6 heteroatoms. The third-order valence-electron chi connectivity index (χ3n) is 7.65. The minimum Gasteiger partial charge on any atom is -0.342 e. The highest BCUT2D eigenvalue weighted by atomic mass is 32.2. The van der Waals surface area contributed by atoms with Crippen molar-refractivity contribution in [3.05, 3.63) is 64.7 Å². The van der Waals surface area contributed by atoms with Gasteiger partial charge in [0.1, 0.15) is 0 Å². The number of sulfonamides is 1. The highest BCUT2D eigenvalue weighted by Crippen LogP contribution is 2.44. The van der Waals surface area contributed by atoms with Gasteiger partial charge in [0.25, 0.3) is 0 Å². The predicted molar refractivity (Wildman–Crippen MR) is 120 cm³/mol. The second-order valence-electron chi connectivity index (χ2n) is 9.64. The maximum absolute atomic E-state index is 13.3. The molecule has 0 saturated carbocycles. The van der Waals surface area contributed by atoms with Gasteiger partial charge < -0.3 is 4.90 Å². The van der Waals surface area contributed by atoms with E-state index in [0.29, 0.717) is 18.0 Å². The van der Waals surface area contributed by atoms with Crippen LogP contribution in [-0.4, -0.2) is 49.7 Å². The van der Waals surface area contributed by atoms with Gasteiger partial charge in [0.05, 0.1) is 10.8 Å². The third kappa shape index (κ3) is 3.50. The number of nitrogens with zero attached hydrogens (tertiary/aromatic N) is 2. The molecule has 2 heterocycles. The van der Waals surface area contributed by atoms with E-state index < -0.39 is 10.0 Å². The first-order chi connectivity index (χ1) is 14.8. The van der Waals surface area contributed by atoms with E-state index >= 15 is 0 Å². The lowest BCUT2D eigenvalue weighted by molar-refractivity contribution is -0.132. The lowest BCUT2D eigenvalue weighted by Gasteiger charge is -2.39. The average molecular weight is 439 g/mol. The number of hydrogen-bond acceptors (Lipinski definition) is 3. The average Bonchev–Trinajstić information content (AvgIpc) is 3.14. The number of carbonyl (C=O) groups is 1. The van der Waals surface area contributed by atoms with Crippen molar-refractivity contribution in [2.75, 3.05) is 26.2 Å². The summed E-state index contributed by atoms with van der Waals surface area (Å²) < 4.78 is 28.1. The summed E-state index contributed by atoms with van der Waals surface area (Å²) in [6.07, 6.45) is 3.47. The fourth-order valence-electron chi connectivity index (χ4n) is 5.56. The fourth-order valence-corrected chi connectivity index (χ4v) is 7.31. The zero-order valence-electron chi connectivity index (χ0n) is 18.3. The zero-order valence-corrected chi connectivity index (χ0v) is 19.1. The summed E-state index contributed by atoms with van der Waals surface area (Å²) in [4.78, 5) is 15.6. The van der Waals surface area contributed by atoms with Gasteiger partial charge in [-0.1, -0.05) is 36.4 Å². The molecular weight excluding hydrogens is 408 g/mol. The van der Waals surface area contributed by atoms with Crippen molar-refractivity contribution in [3.8, 4) is 0 Å². The van der Waals surface area contributed by atoms with Crippen molar-refractivity contribution in [2.24, 2.45) is 5.41 Å². The Morgan fingerprint density at radius 3 is 2.45 bits per heavy atom. The van der Waals surface area contributed by atoms with E-state index in [-0.39, 0.29) is 17.2 Å². The number of aryl methyl sites for hydroxylation is 2. The first-order valence-electron chi connectivity index (χ1n) is 11.2. The van der Waals surface area contributed by atoms with Crippen molar-refractivity contribution in [1.29, 1.82) is 0 Å². The van der Waals surface area contributed by atoms with E-state index in [9.17, 15) is 13.2 Å². The zero-order chi connectivity index (χ0) is 21.8. The molecule has 1 unspecified atom stereocenters. The molecule has 3 aliphatic rings. The van der Waals surface area contributed by atoms with Crippen LogP contribution in [-0.2, 0) is 21.2 Å². The molecule has 1 aliphatic carbocycles. The molecule has 1 atom stereocenters. The molecule has 2 aliphatic heterocycles. The lowest BCUT2D eigenvalue weighted by atomic mass is 9.76. The second-order valence-corrected chi connectivity index (χ2v) is 11.5. The Hall–Kier alpha value is -2.18. The summed E-state index contributed by atoms with van der Waals surface area (Å²) in [6, 6.07) is 13.8. The normalized spacial score (nSPS) is 22.9. The van der Waals surface area contributed by atoms with Crippen LogP contribution in [0.25, 0.3) is 0 Å². The SMILES string of the molecule is Cc1ccc(C)c(S(=O)(=O)N2CCC3(CCN(C(=O)C4Cc5ccccc54)C3)CC2)c1. The van der Waals surface area contributed by atoms with Gasteiger partial charge >= 0.3 is 0 Å². The Kier molecular flexibility index (Phi) is 4.98. The first kappa shape index (κ1) is 20.7. The summed E-state index contributed by atoms with van der Waals surface area (Å²) in [6.45, 7) is 6.40. The van der Waals surface area contributed by atoms with Crippen molar-refractivity contribution in [3.63, 3.8) is 0 Å². The fraction of sp³-hybridized carbons (Fsp3) is 0.480. The molecule has 2 aromatic rings. The first-order valence-corrected chi connectivity index (χ1v) is 12.7. The van der Waals surface area contributed by atoms with Crippen molar-refractivity contribution >= 4 is 15.9 Å². The summed E-state index contributed by atoms with van der Waals surface area (Å²) in [7, 11) is -3.48. The Morgan fingerprint density at radius 2 is 1.71 bits per heavy atom. The van der Waals surface area contributed by atoms with Gasteiger partial charge in [0.2, 0.25) is 15.9 Å². The quantitative estimate of drug-likeness (QED) is 0.735. The molecule has 164 valence electrons. The summed E-state index contributed by atoms with van der Waals surface area (Å²) >= 11 is 0. The number of rotatable bonds is 3. The largest absolute Gasteiger partial charge is 0.342 e. The molecule has 0 radical (unpaired) electrons. The molecule has 5 rings (SSSR count). The third-order valence-corrected chi connectivity index (χ3v) is 9.69. The number of fused-ring (bicyclic) bond motifs is 1. The molecule has 2 aromatic carbocycles. The Bertz CT molecular complexity index is 1130. The van der Waals surface area contributed by atoms with Crippen molar-refractivity contribution in [1.82, 2.24) is 9.21 Å². The standard InChI is InChI=1S/C25H30N2O3S/c1-18-7-8-19(2)23(15-18)31(29,30)27-13-10-25(11-14-27)9-12-26(17-25)24(28)22-16-20-5-3-4-6-21(20)22/h3-8,15,22H,9-14,16-17H2,1-2H3. The maximum atomic E-state index is 13.3. The van der Waals surface area contributed by atoms with E-state index in [4.69, 9.17) is 0 Å². The Labute approximate surface area is 185 Å². The van der Waals surface area contributed by atoms with Crippen LogP contribution >= 0.6 is 0 Å². The predicted octanol–water partition coefficient (Wildman–Crippen LogP) is 3.65. The summed E-state index contributed by atoms with van der Waals surface area (Å²) in [5, 5.41) is 0. The van der Waals surface area contributed by atoms with Gasteiger partial charge in [0, 0.05) is 26.2 Å². The van der Waals surface area contributed by atoms with Gasteiger partial charge in [-0.3, -0.25) is 4.79 Å². The van der Waals surface area contributed by atoms with Crippen LogP contribution in [0.4, 0.5) is 0 Å². The summed E-state index contributed by atoms with van der Waals surface area (Å²) in [5.41, 5.74) is 4.29. The van der Waals surface area contributed by atoms with Crippen LogP contribution in [0.5, 0.6) is 0 Å². The molecular formula is C25H30N2O3S. The highest BCUT2D eigenvalue weighted by molar-refractivity contribution is 7.89. The second kappa shape index (κ2) is 7.45. The number of piperidine rings is 1. The smallest absolute Gasteiger partial charge is 0.243 e. The molecule has 0 aromatic heterocycles. The minimum absolute atomic E-state index is 0.0103. The monoisotopic (exact) mass is 438 g/mol. The molecule has 2 saturated heterocycles. The number of carbonyl (C=O) groups excluding carboxylic acids is 1. The van der Waals surface area contributed by atoms with Gasteiger partial charge in [-0.2, -0.15) is 4.31 Å². The van der Waals surface area contributed by atoms with Crippen LogP contribution in [0.2, 0.25) is 0 Å². The van der Waals surface area contributed by atoms with E-state index in [1.807, 2.05) is 43.0 Å². The van der Waals surface area contributed by atoms with Crippen molar-refractivity contribution in [2.45, 2.75) is 50.3 Å². The van der Waals surface area contributed by atoms with Crippen LogP contribution in [0.1, 0.15) is 47.4 Å². The van der Waals surface area contributed by atoms with Crippen LogP contribution in [0, 0.1) is 19.3 Å². The molecule has 0 bridgehead atoms. The number of likely N-dealkylation sites (tertiary alicyclic amines) is 1. The van der Waals surface area contributed by atoms with Crippen LogP contribution in [0.3, 0.4) is 0 Å². The Morgan fingerprint density at radius 1 is 1.00 bits per heavy atom. The lowest BCUT2D eigenvalue weighted by Crippen LogP contribution is -2.45. The number of hydrogen-bond donors (Lipinski definition) is 0. The van der Waals surface area contributed by atoms with E-state index in [0.717, 1.165) is 49.9 Å². The maximum Gasteiger partial charge on any atom is 0.243 e. The molecule has 1 amide bonds. The van der Waals surface area contributed by atoms with Crippen molar-refractivity contribution < 1.29 is 13.2 Å². The van der Waals surface area contributed by atoms with Gasteiger partial charge in [-0.25, -0.2) is 8.42 Å². The number of benzene rings is 2. The molecule has 2 fully saturated rings. The van der Waals surface area contributed by atoms with Crippen LogP contribution in [0.15, 0.2) is 47.4 Å².